The van der Waals surface area contributed by atoms with Crippen molar-refractivity contribution in [1.82, 2.24) is 0 Å². The molecular formula is C12H17BrN2. The van der Waals surface area contributed by atoms with Crippen molar-refractivity contribution in [3.8, 4) is 0 Å². The molecule has 0 bridgehead atoms. The Kier molecular flexibility index (Phi) is 2.91. The van der Waals surface area contributed by atoms with Gasteiger partial charge in [0.1, 0.15) is 0 Å². The van der Waals surface area contributed by atoms with Crippen LogP contribution in [0.4, 0.5) is 11.4 Å². The Morgan fingerprint density at radius 2 is 2.07 bits per heavy atom. The van der Waals surface area contributed by atoms with Crippen molar-refractivity contribution >= 4 is 27.3 Å². The summed E-state index contributed by atoms with van der Waals surface area (Å²) in [6.07, 6.45) is 0. The summed E-state index contributed by atoms with van der Waals surface area (Å²) in [5.41, 5.74) is 7.83. The summed E-state index contributed by atoms with van der Waals surface area (Å²) in [5.74, 6) is 1.64. The van der Waals surface area contributed by atoms with Gasteiger partial charge in [0.2, 0.25) is 0 Å². The minimum atomic E-state index is 0.790. The standard InChI is InChI=1S/C12H17BrN2/c1-8(2)9-6-15(7-9)10-3-4-12(14)11(13)5-10/h3-5,8-9H,6-7,14H2,1-2H3. The molecule has 0 atom stereocenters. The van der Waals surface area contributed by atoms with Crippen LogP contribution in [0.1, 0.15) is 13.8 Å². The molecule has 82 valence electrons. The summed E-state index contributed by atoms with van der Waals surface area (Å²) in [4.78, 5) is 2.40. The van der Waals surface area contributed by atoms with Crippen molar-refractivity contribution in [2.24, 2.45) is 11.8 Å². The molecule has 0 saturated carbocycles. The van der Waals surface area contributed by atoms with Gasteiger partial charge in [-0.2, -0.15) is 0 Å². The Balaban J connectivity index is 2.04. The lowest BCUT2D eigenvalue weighted by Crippen LogP contribution is -2.49. The lowest BCUT2D eigenvalue weighted by atomic mass is 9.88. The Bertz CT molecular complexity index is 357. The molecule has 0 spiro atoms. The van der Waals surface area contributed by atoms with Crippen molar-refractivity contribution in [2.45, 2.75) is 13.8 Å². The fraction of sp³-hybridized carbons (Fsp3) is 0.500. The van der Waals surface area contributed by atoms with E-state index in [9.17, 15) is 0 Å². The van der Waals surface area contributed by atoms with Crippen LogP contribution in [-0.2, 0) is 0 Å². The van der Waals surface area contributed by atoms with E-state index in [-0.39, 0.29) is 0 Å². The maximum Gasteiger partial charge on any atom is 0.0460 e. The fourth-order valence-corrected chi connectivity index (χ4v) is 2.22. The van der Waals surface area contributed by atoms with Crippen molar-refractivity contribution in [2.75, 3.05) is 23.7 Å². The van der Waals surface area contributed by atoms with Crippen LogP contribution in [0.2, 0.25) is 0 Å². The molecule has 1 saturated heterocycles. The second-order valence-corrected chi connectivity index (χ2v) is 5.47. The molecule has 0 aromatic heterocycles. The van der Waals surface area contributed by atoms with Gasteiger partial charge in [-0.15, -0.1) is 0 Å². The Morgan fingerprint density at radius 3 is 2.60 bits per heavy atom. The van der Waals surface area contributed by atoms with Gasteiger partial charge < -0.3 is 10.6 Å². The SMILES string of the molecule is CC(C)C1CN(c2ccc(N)c(Br)c2)C1. The quantitative estimate of drug-likeness (QED) is 0.836. The average molecular weight is 269 g/mol. The first-order valence-corrected chi connectivity index (χ1v) is 6.17. The number of nitrogens with zero attached hydrogens (tertiary/aromatic N) is 1. The molecule has 1 aliphatic heterocycles. The zero-order valence-corrected chi connectivity index (χ0v) is 10.8. The molecule has 2 nitrogen and oxygen atoms in total. The normalized spacial score (nSPS) is 16.9. The number of halogens is 1. The third-order valence-electron chi connectivity index (χ3n) is 3.20. The van der Waals surface area contributed by atoms with Gasteiger partial charge >= 0.3 is 0 Å². The van der Waals surface area contributed by atoms with E-state index in [1.165, 1.54) is 18.8 Å². The number of anilines is 2. The smallest absolute Gasteiger partial charge is 0.0460 e. The highest BCUT2D eigenvalue weighted by Gasteiger charge is 2.29. The summed E-state index contributed by atoms with van der Waals surface area (Å²) < 4.78 is 0.994. The predicted molar refractivity (Wildman–Crippen MR) is 69.1 cm³/mol. The minimum Gasteiger partial charge on any atom is -0.398 e. The summed E-state index contributed by atoms with van der Waals surface area (Å²) in [6.45, 7) is 6.93. The molecule has 2 rings (SSSR count). The first-order chi connectivity index (χ1) is 7.08. The van der Waals surface area contributed by atoms with Crippen LogP contribution in [0.3, 0.4) is 0 Å². The van der Waals surface area contributed by atoms with E-state index in [4.69, 9.17) is 5.73 Å². The predicted octanol–water partition coefficient (Wildman–Crippen LogP) is 3.12. The van der Waals surface area contributed by atoms with Crippen molar-refractivity contribution in [3.05, 3.63) is 22.7 Å². The molecule has 0 unspecified atom stereocenters. The van der Waals surface area contributed by atoms with E-state index in [0.29, 0.717) is 0 Å². The van der Waals surface area contributed by atoms with Crippen molar-refractivity contribution < 1.29 is 0 Å². The summed E-state index contributed by atoms with van der Waals surface area (Å²) in [6, 6.07) is 6.16. The number of rotatable bonds is 2. The molecule has 1 aromatic rings. The first-order valence-electron chi connectivity index (χ1n) is 5.38. The van der Waals surface area contributed by atoms with Crippen LogP contribution >= 0.6 is 15.9 Å². The Hall–Kier alpha value is -0.700. The zero-order valence-electron chi connectivity index (χ0n) is 9.20. The van der Waals surface area contributed by atoms with Crippen LogP contribution in [0.15, 0.2) is 22.7 Å². The zero-order chi connectivity index (χ0) is 11.0. The van der Waals surface area contributed by atoms with Crippen molar-refractivity contribution in [1.29, 1.82) is 0 Å². The lowest BCUT2D eigenvalue weighted by Gasteiger charge is -2.43. The van der Waals surface area contributed by atoms with E-state index in [1.54, 1.807) is 0 Å². The molecule has 15 heavy (non-hydrogen) atoms. The maximum atomic E-state index is 5.76. The molecule has 0 radical (unpaired) electrons. The number of benzene rings is 1. The number of hydrogen-bond donors (Lipinski definition) is 1. The molecule has 1 fully saturated rings. The summed E-state index contributed by atoms with van der Waals surface area (Å²) >= 11 is 3.46. The second kappa shape index (κ2) is 4.05. The van der Waals surface area contributed by atoms with Gasteiger partial charge in [0.25, 0.3) is 0 Å². The number of nitrogens with two attached hydrogens (primary N) is 1. The molecule has 1 aromatic carbocycles. The highest BCUT2D eigenvalue weighted by atomic mass is 79.9. The van der Waals surface area contributed by atoms with Gasteiger partial charge in [-0.1, -0.05) is 13.8 Å². The van der Waals surface area contributed by atoms with Gasteiger partial charge in [0.15, 0.2) is 0 Å². The van der Waals surface area contributed by atoms with Crippen LogP contribution in [-0.4, -0.2) is 13.1 Å². The molecule has 0 amide bonds. The largest absolute Gasteiger partial charge is 0.398 e. The van der Waals surface area contributed by atoms with Crippen molar-refractivity contribution in [3.63, 3.8) is 0 Å². The highest BCUT2D eigenvalue weighted by molar-refractivity contribution is 9.10. The van der Waals surface area contributed by atoms with Gasteiger partial charge in [-0.3, -0.25) is 0 Å². The van der Waals surface area contributed by atoms with E-state index in [2.05, 4.69) is 46.8 Å². The molecular weight excluding hydrogens is 252 g/mol. The van der Waals surface area contributed by atoms with Gasteiger partial charge in [-0.25, -0.2) is 0 Å². The molecule has 3 heteroatoms. The fourth-order valence-electron chi connectivity index (χ4n) is 1.86. The van der Waals surface area contributed by atoms with Gasteiger partial charge in [-0.05, 0) is 46.0 Å². The van der Waals surface area contributed by atoms with E-state index >= 15 is 0 Å². The molecule has 0 aliphatic carbocycles. The van der Waals surface area contributed by atoms with Crippen LogP contribution in [0, 0.1) is 11.8 Å². The topological polar surface area (TPSA) is 29.3 Å². The molecule has 1 aliphatic rings. The van der Waals surface area contributed by atoms with E-state index in [1.807, 2.05) is 6.07 Å². The van der Waals surface area contributed by atoms with Gasteiger partial charge in [0, 0.05) is 28.9 Å². The Labute approximate surface area is 99.6 Å². The molecule has 2 N–H and O–H groups in total. The van der Waals surface area contributed by atoms with Crippen LogP contribution in [0.25, 0.3) is 0 Å². The maximum absolute atomic E-state index is 5.76. The van der Waals surface area contributed by atoms with Crippen LogP contribution < -0.4 is 10.6 Å². The number of nitrogen functional groups attached to an aromatic ring is 1. The van der Waals surface area contributed by atoms with Crippen LogP contribution in [0.5, 0.6) is 0 Å². The third-order valence-corrected chi connectivity index (χ3v) is 3.89. The number of hydrogen-bond acceptors (Lipinski definition) is 2. The molecule has 1 heterocycles. The Morgan fingerprint density at radius 1 is 1.40 bits per heavy atom. The lowest BCUT2D eigenvalue weighted by molar-refractivity contribution is 0.310. The minimum absolute atomic E-state index is 0.790. The highest BCUT2D eigenvalue weighted by Crippen LogP contribution is 2.32. The second-order valence-electron chi connectivity index (χ2n) is 4.61. The van der Waals surface area contributed by atoms with E-state index < -0.39 is 0 Å². The first kappa shape index (κ1) is 10.8. The average Bonchev–Trinajstić information content (AvgIpc) is 2.08. The monoisotopic (exact) mass is 268 g/mol. The third kappa shape index (κ3) is 2.12. The van der Waals surface area contributed by atoms with E-state index in [0.717, 1.165) is 22.0 Å². The van der Waals surface area contributed by atoms with Gasteiger partial charge in [0.05, 0.1) is 0 Å². The summed E-state index contributed by atoms with van der Waals surface area (Å²) in [7, 11) is 0. The summed E-state index contributed by atoms with van der Waals surface area (Å²) in [5, 5.41) is 0.